The summed E-state index contributed by atoms with van der Waals surface area (Å²) in [7, 11) is 4.01. The number of Topliss-reactive ketones (excluding diaryl/α,β-unsaturated/α-hetero) is 1. The van der Waals surface area contributed by atoms with Crippen LogP contribution in [0.25, 0.3) is 0 Å². The number of aromatic nitrogens is 2. The number of pyridine rings is 1. The number of carbonyl (C=O) groups is 1. The molecule has 3 aromatic rings. The van der Waals surface area contributed by atoms with Crippen molar-refractivity contribution in [3.8, 4) is 0 Å². The molecule has 0 aliphatic carbocycles. The summed E-state index contributed by atoms with van der Waals surface area (Å²) in [5.41, 5.74) is 5.31. The molecule has 0 radical (unpaired) electrons. The number of anilines is 1. The average Bonchev–Trinajstić information content (AvgIpc) is 2.91. The molecule has 0 aliphatic heterocycles. The van der Waals surface area contributed by atoms with Crippen LogP contribution in [0.1, 0.15) is 27.3 Å². The maximum absolute atomic E-state index is 12.8. The number of hydrogen-bond donors (Lipinski definition) is 0. The van der Waals surface area contributed by atoms with Gasteiger partial charge < -0.3 is 9.47 Å². The lowest BCUT2D eigenvalue weighted by atomic mass is 10.1. The first-order valence-corrected chi connectivity index (χ1v) is 8.86. The number of nitrogens with zero attached hydrogens (tertiary/aromatic N) is 3. The highest BCUT2D eigenvalue weighted by atomic mass is 16.1. The Morgan fingerprint density at radius 3 is 2.31 bits per heavy atom. The largest absolute Gasteiger partial charge is 0.377 e. The van der Waals surface area contributed by atoms with E-state index >= 15 is 0 Å². The topological polar surface area (TPSA) is 29.1 Å². The molecular weight excluding hydrogens is 322 g/mol. The number of ketones is 1. The van der Waals surface area contributed by atoms with Crippen molar-refractivity contribution in [2.45, 2.75) is 26.9 Å². The van der Waals surface area contributed by atoms with Crippen LogP contribution in [0.2, 0.25) is 0 Å². The van der Waals surface area contributed by atoms with Gasteiger partial charge in [0.05, 0.1) is 0 Å². The van der Waals surface area contributed by atoms with E-state index in [9.17, 15) is 4.79 Å². The highest BCUT2D eigenvalue weighted by Crippen LogP contribution is 2.18. The summed E-state index contributed by atoms with van der Waals surface area (Å²) < 4.78 is 4.14. The first kappa shape index (κ1) is 17.9. The molecule has 0 N–H and O–H groups in total. The average molecular weight is 348 g/mol. The monoisotopic (exact) mass is 348 g/mol. The van der Waals surface area contributed by atoms with Gasteiger partial charge in [0.2, 0.25) is 12.3 Å². The SMILES string of the molecule is Cc1cc(C(=O)C[n+]2ccc(N(C)C)cc2)c(C)n1Cc1ccccc1. The summed E-state index contributed by atoms with van der Waals surface area (Å²) >= 11 is 0. The fourth-order valence-corrected chi connectivity index (χ4v) is 3.20. The molecular formula is C22H26N3O+. The van der Waals surface area contributed by atoms with Gasteiger partial charge in [-0.1, -0.05) is 30.3 Å². The van der Waals surface area contributed by atoms with Crippen LogP contribution in [-0.2, 0) is 13.1 Å². The van der Waals surface area contributed by atoms with Gasteiger partial charge >= 0.3 is 0 Å². The van der Waals surface area contributed by atoms with Crippen LogP contribution in [0, 0.1) is 13.8 Å². The van der Waals surface area contributed by atoms with Gasteiger partial charge in [0.1, 0.15) is 0 Å². The molecule has 0 bridgehead atoms. The third kappa shape index (κ3) is 3.85. The summed E-state index contributed by atoms with van der Waals surface area (Å²) in [5, 5.41) is 0. The molecule has 4 heteroatoms. The fourth-order valence-electron chi connectivity index (χ4n) is 3.20. The number of carbonyl (C=O) groups excluding carboxylic acids is 1. The molecule has 0 saturated carbocycles. The molecule has 0 aliphatic rings. The predicted molar refractivity (Wildman–Crippen MR) is 105 cm³/mol. The van der Waals surface area contributed by atoms with Crippen molar-refractivity contribution in [2.75, 3.05) is 19.0 Å². The van der Waals surface area contributed by atoms with Crippen molar-refractivity contribution in [3.63, 3.8) is 0 Å². The summed E-state index contributed by atoms with van der Waals surface area (Å²) in [6.45, 7) is 5.23. The lowest BCUT2D eigenvalue weighted by Gasteiger charge is -2.10. The fraction of sp³-hybridized carbons (Fsp3) is 0.273. The van der Waals surface area contributed by atoms with Crippen molar-refractivity contribution in [3.05, 3.63) is 83.4 Å². The first-order valence-electron chi connectivity index (χ1n) is 8.86. The second-order valence-electron chi connectivity index (χ2n) is 6.90. The van der Waals surface area contributed by atoms with Crippen LogP contribution in [0.3, 0.4) is 0 Å². The number of hydrogen-bond acceptors (Lipinski definition) is 2. The van der Waals surface area contributed by atoms with Gasteiger partial charge in [-0.3, -0.25) is 4.79 Å². The van der Waals surface area contributed by atoms with Gasteiger partial charge in [-0.2, -0.15) is 4.57 Å². The van der Waals surface area contributed by atoms with E-state index in [1.807, 2.05) is 79.3 Å². The molecule has 0 fully saturated rings. The van der Waals surface area contributed by atoms with E-state index in [0.717, 1.165) is 29.2 Å². The van der Waals surface area contributed by atoms with Crippen LogP contribution < -0.4 is 9.47 Å². The van der Waals surface area contributed by atoms with E-state index in [0.29, 0.717) is 6.54 Å². The summed E-state index contributed by atoms with van der Waals surface area (Å²) in [6, 6.07) is 16.4. The lowest BCUT2D eigenvalue weighted by molar-refractivity contribution is -0.683. The smallest absolute Gasteiger partial charge is 0.229 e. The van der Waals surface area contributed by atoms with Crippen molar-refractivity contribution in [1.29, 1.82) is 0 Å². The van der Waals surface area contributed by atoms with Crippen LogP contribution in [0.4, 0.5) is 5.69 Å². The zero-order chi connectivity index (χ0) is 18.7. The number of aryl methyl sites for hydroxylation is 1. The van der Waals surface area contributed by atoms with E-state index in [-0.39, 0.29) is 5.78 Å². The molecule has 2 aromatic heterocycles. The van der Waals surface area contributed by atoms with Gasteiger partial charge in [0.15, 0.2) is 12.4 Å². The third-order valence-corrected chi connectivity index (χ3v) is 4.77. The maximum atomic E-state index is 12.8. The number of rotatable bonds is 6. The van der Waals surface area contributed by atoms with Gasteiger partial charge in [0.25, 0.3) is 0 Å². The molecule has 0 spiro atoms. The molecule has 0 amide bonds. The van der Waals surface area contributed by atoms with Crippen molar-refractivity contribution >= 4 is 11.5 Å². The Morgan fingerprint density at radius 1 is 1.04 bits per heavy atom. The second-order valence-corrected chi connectivity index (χ2v) is 6.90. The van der Waals surface area contributed by atoms with Crippen LogP contribution in [0.15, 0.2) is 60.9 Å². The molecule has 4 nitrogen and oxygen atoms in total. The minimum atomic E-state index is 0.139. The van der Waals surface area contributed by atoms with Gasteiger partial charge in [-0.05, 0) is 25.5 Å². The Morgan fingerprint density at radius 2 is 1.69 bits per heavy atom. The lowest BCUT2D eigenvalue weighted by Crippen LogP contribution is -2.37. The molecule has 2 heterocycles. The summed E-state index contributed by atoms with van der Waals surface area (Å²) in [6.07, 6.45) is 3.91. The minimum Gasteiger partial charge on any atom is -0.377 e. The normalized spacial score (nSPS) is 10.8. The standard InChI is InChI=1S/C22H26N3O/c1-17-14-21(18(2)25(17)15-19-8-6-5-7-9-19)22(26)16-24-12-10-20(11-13-24)23(3)4/h5-14H,15-16H2,1-4H3/q+1. The Kier molecular flexibility index (Phi) is 5.21. The quantitative estimate of drug-likeness (QED) is 0.505. The molecule has 1 aromatic carbocycles. The van der Waals surface area contributed by atoms with E-state index < -0.39 is 0 Å². The first-order chi connectivity index (χ1) is 12.5. The highest BCUT2D eigenvalue weighted by Gasteiger charge is 2.19. The zero-order valence-corrected chi connectivity index (χ0v) is 15.9. The Bertz CT molecular complexity index is 893. The van der Waals surface area contributed by atoms with E-state index in [2.05, 4.69) is 23.6 Å². The number of benzene rings is 1. The molecule has 3 rings (SSSR count). The molecule has 0 saturated heterocycles. The van der Waals surface area contributed by atoms with Gasteiger partial charge in [0, 0.05) is 55.4 Å². The highest BCUT2D eigenvalue weighted by molar-refractivity contribution is 5.96. The second kappa shape index (κ2) is 7.56. The Hall–Kier alpha value is -2.88. The molecule has 26 heavy (non-hydrogen) atoms. The van der Waals surface area contributed by atoms with Crippen LogP contribution in [-0.4, -0.2) is 24.4 Å². The maximum Gasteiger partial charge on any atom is 0.229 e. The van der Waals surface area contributed by atoms with E-state index in [4.69, 9.17) is 0 Å². The van der Waals surface area contributed by atoms with E-state index in [1.165, 1.54) is 5.56 Å². The molecule has 134 valence electrons. The van der Waals surface area contributed by atoms with Crippen LogP contribution >= 0.6 is 0 Å². The summed E-state index contributed by atoms with van der Waals surface area (Å²) in [4.78, 5) is 14.9. The third-order valence-electron chi connectivity index (χ3n) is 4.77. The molecule has 0 unspecified atom stereocenters. The zero-order valence-electron chi connectivity index (χ0n) is 15.9. The van der Waals surface area contributed by atoms with Crippen molar-refractivity contribution in [1.82, 2.24) is 4.57 Å². The Labute approximate surface area is 155 Å². The van der Waals surface area contributed by atoms with Crippen molar-refractivity contribution < 1.29 is 9.36 Å². The van der Waals surface area contributed by atoms with E-state index in [1.54, 1.807) is 0 Å². The Balaban J connectivity index is 1.78. The minimum absolute atomic E-state index is 0.139. The molecule has 0 atom stereocenters. The van der Waals surface area contributed by atoms with Gasteiger partial charge in [-0.25, -0.2) is 0 Å². The van der Waals surface area contributed by atoms with Crippen molar-refractivity contribution in [2.24, 2.45) is 0 Å². The summed E-state index contributed by atoms with van der Waals surface area (Å²) in [5.74, 6) is 0.139. The van der Waals surface area contributed by atoms with Crippen LogP contribution in [0.5, 0.6) is 0 Å². The van der Waals surface area contributed by atoms with Gasteiger partial charge in [-0.15, -0.1) is 0 Å². The predicted octanol–water partition coefficient (Wildman–Crippen LogP) is 3.39.